The number of carbonyl (C=O) groups is 1. The van der Waals surface area contributed by atoms with Crippen LogP contribution in [-0.4, -0.2) is 23.9 Å². The third-order valence-corrected chi connectivity index (χ3v) is 2.37. The van der Waals surface area contributed by atoms with E-state index in [0.717, 1.165) is 25.1 Å². The minimum absolute atomic E-state index is 0.152. The summed E-state index contributed by atoms with van der Waals surface area (Å²) in [6, 6.07) is 0. The van der Waals surface area contributed by atoms with Gasteiger partial charge in [-0.25, -0.2) is 0 Å². The molecule has 1 aliphatic rings. The third kappa shape index (κ3) is 1.30. The maximum Gasteiger partial charge on any atom is 0.249 e. The van der Waals surface area contributed by atoms with E-state index < -0.39 is 0 Å². The number of amides is 1. The molecule has 2 nitrogen and oxygen atoms in total. The Balaban J connectivity index is 2.68. The van der Waals surface area contributed by atoms with Crippen LogP contribution in [-0.2, 0) is 4.79 Å². The largest absolute Gasteiger partial charge is 0.339 e. The van der Waals surface area contributed by atoms with Crippen LogP contribution in [0.3, 0.4) is 0 Å². The van der Waals surface area contributed by atoms with Crippen molar-refractivity contribution >= 4 is 5.91 Å². The van der Waals surface area contributed by atoms with Crippen LogP contribution in [0.5, 0.6) is 0 Å². The molecule has 1 unspecified atom stereocenters. The SMILES string of the molecule is C=C1C(=O)N(CC)CC1CC. The summed E-state index contributed by atoms with van der Waals surface area (Å²) in [7, 11) is 0. The van der Waals surface area contributed by atoms with Gasteiger partial charge in [0, 0.05) is 24.6 Å². The van der Waals surface area contributed by atoms with E-state index in [2.05, 4.69) is 13.5 Å². The van der Waals surface area contributed by atoms with Crippen molar-refractivity contribution in [1.82, 2.24) is 4.90 Å². The quantitative estimate of drug-likeness (QED) is 0.549. The summed E-state index contributed by atoms with van der Waals surface area (Å²) >= 11 is 0. The van der Waals surface area contributed by atoms with Gasteiger partial charge in [0.25, 0.3) is 0 Å². The van der Waals surface area contributed by atoms with Gasteiger partial charge in [-0.1, -0.05) is 13.5 Å². The van der Waals surface area contributed by atoms with Crippen molar-refractivity contribution in [2.75, 3.05) is 13.1 Å². The van der Waals surface area contributed by atoms with Crippen LogP contribution in [0.15, 0.2) is 12.2 Å². The number of hydrogen-bond donors (Lipinski definition) is 0. The van der Waals surface area contributed by atoms with E-state index in [0.29, 0.717) is 5.92 Å². The molecule has 0 aromatic carbocycles. The lowest BCUT2D eigenvalue weighted by molar-refractivity contribution is -0.124. The zero-order chi connectivity index (χ0) is 8.43. The molecule has 0 aromatic heterocycles. The highest BCUT2D eigenvalue weighted by Crippen LogP contribution is 2.24. The molecule has 1 amide bonds. The van der Waals surface area contributed by atoms with E-state index in [9.17, 15) is 4.79 Å². The molecule has 1 rings (SSSR count). The van der Waals surface area contributed by atoms with Crippen molar-refractivity contribution in [1.29, 1.82) is 0 Å². The number of likely N-dealkylation sites (tertiary alicyclic amines) is 1. The van der Waals surface area contributed by atoms with Crippen molar-refractivity contribution < 1.29 is 4.79 Å². The molecule has 0 N–H and O–H groups in total. The van der Waals surface area contributed by atoms with Crippen molar-refractivity contribution in [3.63, 3.8) is 0 Å². The van der Waals surface area contributed by atoms with Crippen LogP contribution in [0.25, 0.3) is 0 Å². The number of nitrogens with zero attached hydrogens (tertiary/aromatic N) is 1. The molecule has 0 spiro atoms. The van der Waals surface area contributed by atoms with Gasteiger partial charge in [-0.15, -0.1) is 0 Å². The molecule has 0 aliphatic carbocycles. The molecule has 1 aliphatic heterocycles. The van der Waals surface area contributed by atoms with Gasteiger partial charge in [0.2, 0.25) is 5.91 Å². The Kier molecular flexibility index (Phi) is 2.32. The fraction of sp³-hybridized carbons (Fsp3) is 0.667. The first-order chi connectivity index (χ1) is 5.20. The second kappa shape index (κ2) is 3.07. The zero-order valence-electron chi connectivity index (χ0n) is 7.26. The summed E-state index contributed by atoms with van der Waals surface area (Å²) in [6.45, 7) is 9.59. The van der Waals surface area contributed by atoms with Gasteiger partial charge < -0.3 is 4.90 Å². The number of rotatable bonds is 2. The second-order valence-electron chi connectivity index (χ2n) is 2.97. The molecular weight excluding hydrogens is 138 g/mol. The maximum atomic E-state index is 11.3. The Bertz CT molecular complexity index is 166. The van der Waals surface area contributed by atoms with Gasteiger partial charge in [0.15, 0.2) is 0 Å². The van der Waals surface area contributed by atoms with Crippen LogP contribution in [0.2, 0.25) is 0 Å². The lowest BCUT2D eigenvalue weighted by Gasteiger charge is -2.11. The molecule has 11 heavy (non-hydrogen) atoms. The van der Waals surface area contributed by atoms with Gasteiger partial charge in [-0.2, -0.15) is 0 Å². The lowest BCUT2D eigenvalue weighted by atomic mass is 10.0. The van der Waals surface area contributed by atoms with E-state index in [-0.39, 0.29) is 5.91 Å². The molecule has 1 atom stereocenters. The standard InChI is InChI=1S/C9H15NO/c1-4-8-6-10(5-2)9(11)7(8)3/h8H,3-6H2,1-2H3. The Morgan fingerprint density at radius 3 is 2.55 bits per heavy atom. The van der Waals surface area contributed by atoms with Crippen molar-refractivity contribution in [2.45, 2.75) is 20.3 Å². The summed E-state index contributed by atoms with van der Waals surface area (Å²) in [6.07, 6.45) is 1.03. The summed E-state index contributed by atoms with van der Waals surface area (Å²) in [5.41, 5.74) is 0.800. The van der Waals surface area contributed by atoms with E-state index in [4.69, 9.17) is 0 Å². The molecule has 62 valence electrons. The Hall–Kier alpha value is -0.790. The first-order valence-electron chi connectivity index (χ1n) is 4.18. The minimum atomic E-state index is 0.152. The minimum Gasteiger partial charge on any atom is -0.339 e. The van der Waals surface area contributed by atoms with Crippen LogP contribution in [0.1, 0.15) is 20.3 Å². The smallest absolute Gasteiger partial charge is 0.249 e. The van der Waals surface area contributed by atoms with Gasteiger partial charge >= 0.3 is 0 Å². The maximum absolute atomic E-state index is 11.3. The predicted molar refractivity (Wildman–Crippen MR) is 45.2 cm³/mol. The molecule has 0 saturated carbocycles. The van der Waals surface area contributed by atoms with Crippen LogP contribution < -0.4 is 0 Å². The van der Waals surface area contributed by atoms with Crippen molar-refractivity contribution in [3.8, 4) is 0 Å². The second-order valence-corrected chi connectivity index (χ2v) is 2.97. The molecule has 0 aromatic rings. The highest BCUT2D eigenvalue weighted by atomic mass is 16.2. The Morgan fingerprint density at radius 1 is 1.64 bits per heavy atom. The van der Waals surface area contributed by atoms with Crippen LogP contribution in [0, 0.1) is 5.92 Å². The van der Waals surface area contributed by atoms with E-state index in [1.54, 1.807) is 0 Å². The van der Waals surface area contributed by atoms with E-state index in [1.165, 1.54) is 0 Å². The lowest BCUT2D eigenvalue weighted by Crippen LogP contribution is -2.24. The topological polar surface area (TPSA) is 20.3 Å². The summed E-state index contributed by atoms with van der Waals surface area (Å²) in [4.78, 5) is 13.2. The predicted octanol–water partition coefficient (Wildman–Crippen LogP) is 1.43. The molecule has 1 fully saturated rings. The number of likely N-dealkylation sites (N-methyl/N-ethyl adjacent to an activating group) is 1. The van der Waals surface area contributed by atoms with Gasteiger partial charge in [-0.3, -0.25) is 4.79 Å². The Labute approximate surface area is 67.9 Å². The summed E-state index contributed by atoms with van der Waals surface area (Å²) < 4.78 is 0. The van der Waals surface area contributed by atoms with Crippen molar-refractivity contribution in [2.24, 2.45) is 5.92 Å². The van der Waals surface area contributed by atoms with Crippen molar-refractivity contribution in [3.05, 3.63) is 12.2 Å². The molecule has 1 heterocycles. The first kappa shape index (κ1) is 8.31. The van der Waals surface area contributed by atoms with Crippen LogP contribution in [0.4, 0.5) is 0 Å². The molecule has 0 bridgehead atoms. The molecule has 0 radical (unpaired) electrons. The monoisotopic (exact) mass is 153 g/mol. The summed E-state index contributed by atoms with van der Waals surface area (Å²) in [5.74, 6) is 0.557. The van der Waals surface area contributed by atoms with Gasteiger partial charge in [0.05, 0.1) is 0 Å². The highest BCUT2D eigenvalue weighted by Gasteiger charge is 2.30. The molecule has 2 heteroatoms. The van der Waals surface area contributed by atoms with E-state index in [1.807, 2.05) is 11.8 Å². The zero-order valence-corrected chi connectivity index (χ0v) is 7.26. The Morgan fingerprint density at radius 2 is 2.27 bits per heavy atom. The highest BCUT2D eigenvalue weighted by molar-refractivity contribution is 5.95. The van der Waals surface area contributed by atoms with Crippen LogP contribution >= 0.6 is 0 Å². The molecular formula is C9H15NO. The molecule has 1 saturated heterocycles. The third-order valence-electron chi connectivity index (χ3n) is 2.37. The average molecular weight is 153 g/mol. The fourth-order valence-electron chi connectivity index (χ4n) is 1.49. The fourth-order valence-corrected chi connectivity index (χ4v) is 1.49. The number of carbonyl (C=O) groups excluding carboxylic acids is 1. The van der Waals surface area contributed by atoms with Gasteiger partial charge in [-0.05, 0) is 13.3 Å². The normalized spacial score (nSPS) is 24.9. The van der Waals surface area contributed by atoms with Gasteiger partial charge in [0.1, 0.15) is 0 Å². The average Bonchev–Trinajstić information content (AvgIpc) is 2.30. The number of hydrogen-bond acceptors (Lipinski definition) is 1. The summed E-state index contributed by atoms with van der Waals surface area (Å²) in [5, 5.41) is 0. The van der Waals surface area contributed by atoms with E-state index >= 15 is 0 Å². The first-order valence-corrected chi connectivity index (χ1v) is 4.18.